The van der Waals surface area contributed by atoms with E-state index in [2.05, 4.69) is 127 Å². The first-order valence-corrected chi connectivity index (χ1v) is 12.3. The topological polar surface area (TPSA) is 0 Å². The number of fused-ring (bicyclic) bond motifs is 3. The molecule has 1 heteroatoms. The van der Waals surface area contributed by atoms with Gasteiger partial charge in [0.25, 0.3) is 0 Å². The van der Waals surface area contributed by atoms with Gasteiger partial charge in [-0.25, -0.2) is 11.1 Å². The van der Waals surface area contributed by atoms with E-state index in [1.165, 1.54) is 54.6 Å². The largest absolute Gasteiger partial charge is 0.226 e. The fourth-order valence-corrected chi connectivity index (χ4v) is 5.43. The van der Waals surface area contributed by atoms with Gasteiger partial charge in [-0.15, -0.1) is 17.7 Å². The average molecular weight is 543 g/mol. The van der Waals surface area contributed by atoms with Crippen LogP contribution in [0.15, 0.2) is 133 Å². The first kappa shape index (κ1) is 23.8. The Bertz CT molecular complexity index is 1830. The molecule has 0 aliphatic heterocycles. The summed E-state index contributed by atoms with van der Waals surface area (Å²) in [5.74, 6) is 0. The van der Waals surface area contributed by atoms with Crippen molar-refractivity contribution in [3.8, 4) is 33.4 Å². The smallest absolute Gasteiger partial charge is 0 e. The second-order valence-corrected chi connectivity index (χ2v) is 9.17. The van der Waals surface area contributed by atoms with Gasteiger partial charge in [0.1, 0.15) is 0 Å². The van der Waals surface area contributed by atoms with Crippen molar-refractivity contribution in [1.82, 2.24) is 0 Å². The summed E-state index contributed by atoms with van der Waals surface area (Å²) >= 11 is 0. The molecule has 0 aliphatic carbocycles. The zero-order valence-electron chi connectivity index (χ0n) is 20.3. The third-order valence-electron chi connectivity index (χ3n) is 7.06. The molecule has 7 aromatic rings. The third kappa shape index (κ3) is 4.21. The van der Waals surface area contributed by atoms with Crippen LogP contribution in [0.4, 0.5) is 0 Å². The number of hydrogen-bond donors (Lipinski definition) is 0. The molecule has 0 fully saturated rings. The Morgan fingerprint density at radius 3 is 1.54 bits per heavy atom. The Labute approximate surface area is 242 Å². The molecule has 0 spiro atoms. The fourth-order valence-electron chi connectivity index (χ4n) is 5.43. The molecule has 0 saturated heterocycles. The van der Waals surface area contributed by atoms with Crippen molar-refractivity contribution in [2.24, 2.45) is 0 Å². The summed E-state index contributed by atoms with van der Waals surface area (Å²) in [5.41, 5.74) is 7.10. The van der Waals surface area contributed by atoms with Gasteiger partial charge in [0.05, 0.1) is 0 Å². The Balaban J connectivity index is 0.00000252. The summed E-state index contributed by atoms with van der Waals surface area (Å²) in [7, 11) is 0. The van der Waals surface area contributed by atoms with E-state index < -0.39 is 0 Å². The minimum Gasteiger partial charge on any atom is -0.226 e. The quantitative estimate of drug-likeness (QED) is 0.154. The molecule has 0 nitrogen and oxygen atoms in total. The molecular weight excluding hydrogens is 521 g/mol. The molecule has 0 N–H and O–H groups in total. The molecule has 37 heavy (non-hydrogen) atoms. The third-order valence-corrected chi connectivity index (χ3v) is 7.06. The summed E-state index contributed by atoms with van der Waals surface area (Å²) < 4.78 is 0. The van der Waals surface area contributed by atoms with E-state index >= 15 is 0 Å². The first-order chi connectivity index (χ1) is 17.9. The maximum atomic E-state index is 3.41. The van der Waals surface area contributed by atoms with Gasteiger partial charge in [-0.05, 0) is 55.1 Å². The van der Waals surface area contributed by atoms with E-state index in [1.807, 2.05) is 18.2 Å². The van der Waals surface area contributed by atoms with Crippen LogP contribution in [0.25, 0.3) is 65.7 Å². The van der Waals surface area contributed by atoms with Crippen LogP contribution >= 0.6 is 0 Å². The first-order valence-electron chi connectivity index (χ1n) is 12.3. The van der Waals surface area contributed by atoms with Crippen LogP contribution in [-0.4, -0.2) is 0 Å². The van der Waals surface area contributed by atoms with E-state index in [1.54, 1.807) is 0 Å². The molecule has 0 unspecified atom stereocenters. The Kier molecular flexibility index (Phi) is 6.47. The molecule has 0 aromatic heterocycles. The summed E-state index contributed by atoms with van der Waals surface area (Å²) in [5, 5.41) is 7.57. The molecular formula is C36H22Y-2. The van der Waals surface area contributed by atoms with E-state index in [4.69, 9.17) is 0 Å². The second-order valence-electron chi connectivity index (χ2n) is 9.17. The van der Waals surface area contributed by atoms with Gasteiger partial charge >= 0.3 is 0 Å². The van der Waals surface area contributed by atoms with Crippen molar-refractivity contribution in [1.29, 1.82) is 0 Å². The van der Waals surface area contributed by atoms with Crippen molar-refractivity contribution < 1.29 is 32.7 Å². The van der Waals surface area contributed by atoms with Gasteiger partial charge in [0.15, 0.2) is 0 Å². The minimum atomic E-state index is 0. The molecule has 1 radical (unpaired) electrons. The Morgan fingerprint density at radius 1 is 0.378 bits per heavy atom. The van der Waals surface area contributed by atoms with Crippen molar-refractivity contribution in [2.45, 2.75) is 0 Å². The van der Waals surface area contributed by atoms with Crippen molar-refractivity contribution in [3.63, 3.8) is 0 Å². The molecule has 0 amide bonds. The zero-order chi connectivity index (χ0) is 23.9. The van der Waals surface area contributed by atoms with E-state index in [9.17, 15) is 0 Å². The average Bonchev–Trinajstić information content (AvgIpc) is 2.96. The molecule has 0 saturated carbocycles. The monoisotopic (exact) mass is 543 g/mol. The Morgan fingerprint density at radius 2 is 0.919 bits per heavy atom. The molecule has 7 rings (SSSR count). The maximum Gasteiger partial charge on any atom is 0 e. The molecule has 0 aliphatic rings. The van der Waals surface area contributed by atoms with Crippen molar-refractivity contribution >= 4 is 32.3 Å². The summed E-state index contributed by atoms with van der Waals surface area (Å²) in [4.78, 5) is 0. The second kappa shape index (κ2) is 10.1. The number of benzene rings is 7. The predicted molar refractivity (Wildman–Crippen MR) is 153 cm³/mol. The number of hydrogen-bond acceptors (Lipinski definition) is 0. The zero-order valence-corrected chi connectivity index (χ0v) is 23.1. The van der Waals surface area contributed by atoms with Gasteiger partial charge in [0, 0.05) is 32.7 Å². The summed E-state index contributed by atoms with van der Waals surface area (Å²) in [6.45, 7) is 0. The van der Waals surface area contributed by atoms with Crippen LogP contribution in [0.2, 0.25) is 0 Å². The van der Waals surface area contributed by atoms with Gasteiger partial charge in [0.2, 0.25) is 0 Å². The van der Waals surface area contributed by atoms with E-state index in [0.29, 0.717) is 0 Å². The molecule has 7 aromatic carbocycles. The van der Waals surface area contributed by atoms with Gasteiger partial charge < -0.3 is 0 Å². The molecule has 171 valence electrons. The van der Waals surface area contributed by atoms with E-state index in [-0.39, 0.29) is 32.7 Å². The minimum absolute atomic E-state index is 0. The van der Waals surface area contributed by atoms with Crippen LogP contribution in [0.3, 0.4) is 0 Å². The normalized spacial score (nSPS) is 11.0. The number of rotatable bonds is 3. The van der Waals surface area contributed by atoms with E-state index in [0.717, 1.165) is 11.1 Å². The van der Waals surface area contributed by atoms with Crippen molar-refractivity contribution in [2.75, 3.05) is 0 Å². The van der Waals surface area contributed by atoms with Gasteiger partial charge in [-0.2, -0.15) is 42.5 Å². The van der Waals surface area contributed by atoms with Crippen LogP contribution in [0.5, 0.6) is 0 Å². The fraction of sp³-hybridized carbons (Fsp3) is 0. The molecule has 0 heterocycles. The van der Waals surface area contributed by atoms with Crippen LogP contribution < -0.4 is 0 Å². The van der Waals surface area contributed by atoms with Crippen molar-refractivity contribution in [3.05, 3.63) is 146 Å². The van der Waals surface area contributed by atoms with Crippen LogP contribution in [0, 0.1) is 12.1 Å². The molecule has 0 atom stereocenters. The summed E-state index contributed by atoms with van der Waals surface area (Å²) in [6.07, 6.45) is 0. The van der Waals surface area contributed by atoms with Gasteiger partial charge in [-0.1, -0.05) is 84.9 Å². The maximum absolute atomic E-state index is 3.41. The Hall–Kier alpha value is -3.58. The summed E-state index contributed by atoms with van der Waals surface area (Å²) in [6, 6.07) is 54.3. The SMILES string of the molecule is [Y].[c-]1ccccc1-c1[c-]ccc(-c2c3ccccc3c(-c3ccc4ccccc4c3)c3ccccc23)c1. The predicted octanol–water partition coefficient (Wildman–Crippen LogP) is 9.75. The van der Waals surface area contributed by atoms with Crippen LogP contribution in [-0.2, 0) is 32.7 Å². The molecule has 0 bridgehead atoms. The standard InChI is InChI=1S/C36H22.Y/c1-2-11-25(12-3-1)28-15-10-16-29(23-28)35-31-17-6-8-19-33(31)36(34-20-9-7-18-32(34)35)30-22-21-26-13-4-5-14-27(26)24-30;/h1-11,13-14,16-24H;/q-2;. The van der Waals surface area contributed by atoms with Crippen LogP contribution in [0.1, 0.15) is 0 Å². The van der Waals surface area contributed by atoms with Gasteiger partial charge in [-0.3, -0.25) is 0 Å².